The molecule has 0 bridgehead atoms. The quantitative estimate of drug-likeness (QED) is 0.240. The lowest BCUT2D eigenvalue weighted by Crippen LogP contribution is -2.40. The number of likely N-dealkylation sites (N-methyl/N-ethyl adjacent to an activating group) is 1. The first kappa shape index (κ1) is 32.7. The number of aromatic nitrogens is 2. The lowest BCUT2D eigenvalue weighted by molar-refractivity contribution is -0.137. The number of ether oxygens (including phenoxy) is 2. The van der Waals surface area contributed by atoms with Gasteiger partial charge in [0.05, 0.1) is 12.2 Å². The van der Waals surface area contributed by atoms with E-state index in [1.165, 1.54) is 28.6 Å². The van der Waals surface area contributed by atoms with Crippen LogP contribution in [-0.2, 0) is 22.6 Å². The number of terminal acetylenes is 1. The molecule has 0 N–H and O–H groups in total. The number of nitrogens with zero attached hydrogens (tertiary/aromatic N) is 5. The average molecular weight is 644 g/mol. The standard InChI is InChI=1S/C18H17FN4O2S.C17H21NO2/c1-4-5-22-13-7-12(11(19)6-14(13)25-9-16(22)24)20-17-23-10-18(2,3)8-15(23)21-26-17;1-4-18(5-2)17(19)13(3)20-16-12-8-10-14-9-6-7-11-15(14)16/h1,6-7H,5,8-10H2,2-3H3;6-13H,4-5H2,1-3H3/b20-17-;. The van der Waals surface area contributed by atoms with Gasteiger partial charge in [-0.15, -0.1) is 6.42 Å². The van der Waals surface area contributed by atoms with E-state index in [0.29, 0.717) is 29.3 Å². The Morgan fingerprint density at radius 3 is 2.70 bits per heavy atom. The molecule has 0 saturated heterocycles. The maximum atomic E-state index is 14.5. The molecule has 3 aromatic carbocycles. The summed E-state index contributed by atoms with van der Waals surface area (Å²) in [7, 11) is 0. The molecule has 240 valence electrons. The van der Waals surface area contributed by atoms with Gasteiger partial charge in [-0.05, 0) is 43.7 Å². The summed E-state index contributed by atoms with van der Waals surface area (Å²) in [6.07, 6.45) is 5.74. The number of benzene rings is 3. The van der Waals surface area contributed by atoms with Crippen LogP contribution in [0.1, 0.15) is 40.4 Å². The number of anilines is 1. The van der Waals surface area contributed by atoms with E-state index in [0.717, 1.165) is 35.3 Å². The van der Waals surface area contributed by atoms with Crippen LogP contribution in [0.25, 0.3) is 10.8 Å². The molecule has 9 nitrogen and oxygen atoms in total. The van der Waals surface area contributed by atoms with Gasteiger partial charge in [0.1, 0.15) is 23.0 Å². The smallest absolute Gasteiger partial charge is 0.265 e. The van der Waals surface area contributed by atoms with Gasteiger partial charge in [0.25, 0.3) is 11.8 Å². The zero-order valence-corrected chi connectivity index (χ0v) is 27.6. The molecule has 3 heterocycles. The predicted molar refractivity (Wildman–Crippen MR) is 178 cm³/mol. The number of hydrogen-bond donors (Lipinski definition) is 0. The van der Waals surface area contributed by atoms with Crippen molar-refractivity contribution < 1.29 is 23.5 Å². The third-order valence-corrected chi connectivity index (χ3v) is 8.69. The van der Waals surface area contributed by atoms with Crippen molar-refractivity contribution in [1.82, 2.24) is 13.8 Å². The van der Waals surface area contributed by atoms with E-state index in [-0.39, 0.29) is 36.1 Å². The molecule has 0 aliphatic carbocycles. The minimum Gasteiger partial charge on any atom is -0.481 e. The molecule has 1 atom stereocenters. The topological polar surface area (TPSA) is 89.3 Å². The minimum absolute atomic E-state index is 0.0305. The van der Waals surface area contributed by atoms with Crippen molar-refractivity contribution in [3.63, 3.8) is 0 Å². The maximum absolute atomic E-state index is 14.5. The van der Waals surface area contributed by atoms with E-state index in [4.69, 9.17) is 15.9 Å². The summed E-state index contributed by atoms with van der Waals surface area (Å²) < 4.78 is 32.2. The Hall–Kier alpha value is -4.69. The number of hydrogen-bond acceptors (Lipinski definition) is 7. The highest BCUT2D eigenvalue weighted by Gasteiger charge is 2.31. The molecule has 0 fully saturated rings. The maximum Gasteiger partial charge on any atom is 0.265 e. The number of fused-ring (bicyclic) bond motifs is 3. The van der Waals surface area contributed by atoms with Crippen LogP contribution in [0.4, 0.5) is 15.8 Å². The summed E-state index contributed by atoms with van der Waals surface area (Å²) in [5.41, 5.74) is 0.678. The molecule has 1 unspecified atom stereocenters. The van der Waals surface area contributed by atoms with Crippen LogP contribution in [0.15, 0.2) is 59.6 Å². The van der Waals surface area contributed by atoms with Gasteiger partial charge in [0.2, 0.25) is 4.80 Å². The zero-order valence-electron chi connectivity index (χ0n) is 26.7. The van der Waals surface area contributed by atoms with Crippen LogP contribution < -0.4 is 19.2 Å². The molecular weight excluding hydrogens is 605 g/mol. The van der Waals surface area contributed by atoms with Gasteiger partial charge < -0.3 is 18.9 Å². The largest absolute Gasteiger partial charge is 0.481 e. The Morgan fingerprint density at radius 2 is 1.96 bits per heavy atom. The molecule has 4 aromatic rings. The van der Waals surface area contributed by atoms with E-state index >= 15 is 0 Å². The van der Waals surface area contributed by atoms with Gasteiger partial charge in [-0.2, -0.15) is 4.37 Å². The van der Waals surface area contributed by atoms with Crippen molar-refractivity contribution in [2.75, 3.05) is 31.1 Å². The van der Waals surface area contributed by atoms with Crippen molar-refractivity contribution in [3.8, 4) is 23.8 Å². The molecule has 2 amide bonds. The zero-order chi connectivity index (χ0) is 33.0. The highest BCUT2D eigenvalue weighted by Crippen LogP contribution is 2.37. The summed E-state index contributed by atoms with van der Waals surface area (Å²) >= 11 is 1.24. The van der Waals surface area contributed by atoms with E-state index in [1.807, 2.05) is 67.8 Å². The summed E-state index contributed by atoms with van der Waals surface area (Å²) in [5, 5.41) is 2.15. The van der Waals surface area contributed by atoms with Crippen LogP contribution in [0.3, 0.4) is 0 Å². The molecule has 0 saturated carbocycles. The Labute approximate surface area is 272 Å². The first-order valence-corrected chi connectivity index (χ1v) is 16.1. The lowest BCUT2D eigenvalue weighted by atomic mass is 9.92. The molecule has 2 aliphatic heterocycles. The van der Waals surface area contributed by atoms with Gasteiger partial charge in [0, 0.05) is 49.0 Å². The Bertz CT molecular complexity index is 1870. The summed E-state index contributed by atoms with van der Waals surface area (Å²) in [4.78, 5) is 32.6. The van der Waals surface area contributed by atoms with Gasteiger partial charge in [-0.3, -0.25) is 14.5 Å². The second kappa shape index (κ2) is 13.7. The molecule has 2 aliphatic rings. The van der Waals surface area contributed by atoms with Crippen molar-refractivity contribution in [3.05, 3.63) is 71.0 Å². The Morgan fingerprint density at radius 1 is 1.22 bits per heavy atom. The Balaban J connectivity index is 0.000000188. The van der Waals surface area contributed by atoms with E-state index in [2.05, 4.69) is 29.1 Å². The fourth-order valence-electron chi connectivity index (χ4n) is 5.58. The fraction of sp³-hybridized carbons (Fsp3) is 0.371. The molecule has 6 rings (SSSR count). The van der Waals surface area contributed by atoms with E-state index < -0.39 is 11.9 Å². The van der Waals surface area contributed by atoms with Crippen LogP contribution in [0.2, 0.25) is 0 Å². The predicted octanol–water partition coefficient (Wildman–Crippen LogP) is 5.73. The number of carbonyl (C=O) groups is 2. The number of carbonyl (C=O) groups excluding carboxylic acids is 2. The third kappa shape index (κ3) is 6.92. The van der Waals surface area contributed by atoms with Crippen molar-refractivity contribution >= 4 is 45.5 Å². The van der Waals surface area contributed by atoms with Crippen molar-refractivity contribution in [1.29, 1.82) is 0 Å². The van der Waals surface area contributed by atoms with Gasteiger partial charge in [0.15, 0.2) is 18.5 Å². The fourth-order valence-corrected chi connectivity index (χ4v) is 6.34. The van der Waals surface area contributed by atoms with Gasteiger partial charge in [-0.25, -0.2) is 9.38 Å². The third-order valence-electron chi connectivity index (χ3n) is 7.91. The molecule has 0 radical (unpaired) electrons. The van der Waals surface area contributed by atoms with Crippen LogP contribution >= 0.6 is 11.5 Å². The average Bonchev–Trinajstić information content (AvgIpc) is 3.55. The lowest BCUT2D eigenvalue weighted by Gasteiger charge is -2.28. The van der Waals surface area contributed by atoms with E-state index in [1.54, 1.807) is 4.90 Å². The Kier molecular flexibility index (Phi) is 9.77. The number of amides is 2. The van der Waals surface area contributed by atoms with E-state index in [9.17, 15) is 14.0 Å². The van der Waals surface area contributed by atoms with Gasteiger partial charge >= 0.3 is 0 Å². The normalized spacial score (nSPS) is 15.6. The van der Waals surface area contributed by atoms with Crippen LogP contribution in [-0.4, -0.2) is 58.0 Å². The summed E-state index contributed by atoms with van der Waals surface area (Å²) in [6, 6.07) is 16.7. The van der Waals surface area contributed by atoms with Crippen molar-refractivity contribution in [2.24, 2.45) is 10.4 Å². The molecule has 46 heavy (non-hydrogen) atoms. The highest BCUT2D eigenvalue weighted by atomic mass is 32.1. The minimum atomic E-state index is -0.515. The number of halogens is 1. The summed E-state index contributed by atoms with van der Waals surface area (Å²) in [6.45, 7) is 12.2. The second-order valence-corrected chi connectivity index (χ2v) is 12.6. The highest BCUT2D eigenvalue weighted by molar-refractivity contribution is 7.02. The van der Waals surface area contributed by atoms with Crippen LogP contribution in [0, 0.1) is 23.6 Å². The summed E-state index contributed by atoms with van der Waals surface area (Å²) in [5.74, 6) is 3.71. The first-order valence-electron chi connectivity index (χ1n) is 15.3. The molecule has 1 aromatic heterocycles. The van der Waals surface area contributed by atoms with Crippen LogP contribution in [0.5, 0.6) is 11.5 Å². The molecule has 11 heteroatoms. The first-order chi connectivity index (χ1) is 22.0. The SMILES string of the molecule is C#CCN1C(=O)COc2cc(F)c(/N=c3\snc4n3CC(C)(C)C4)cc21.CCN(CC)C(=O)C(C)Oc1cccc2ccccc12. The number of rotatable bonds is 7. The second-order valence-electron chi connectivity index (χ2n) is 11.9. The van der Waals surface area contributed by atoms with Crippen molar-refractivity contribution in [2.45, 2.75) is 53.7 Å². The monoisotopic (exact) mass is 643 g/mol. The molecular formula is C35H38FN5O4S. The molecule has 0 spiro atoms. The van der Waals surface area contributed by atoms with Gasteiger partial charge in [-0.1, -0.05) is 56.2 Å².